The molecule has 26 heavy (non-hydrogen) atoms. The topological polar surface area (TPSA) is 88.7 Å². The Hall–Kier alpha value is -2.28. The number of hydrogen-bond acceptors (Lipinski definition) is 5. The molecule has 2 amide bonds. The van der Waals surface area contributed by atoms with E-state index < -0.39 is 0 Å². The smallest absolute Gasteiger partial charge is 0.237 e. The van der Waals surface area contributed by atoms with Crippen molar-refractivity contribution in [2.45, 2.75) is 44.8 Å². The lowest BCUT2D eigenvalue weighted by Crippen LogP contribution is -2.49. The van der Waals surface area contributed by atoms with Crippen molar-refractivity contribution in [2.75, 3.05) is 21.3 Å². The summed E-state index contributed by atoms with van der Waals surface area (Å²) in [5.41, 5.74) is 0.923. The summed E-state index contributed by atoms with van der Waals surface area (Å²) in [7, 11) is 4.81. The summed E-state index contributed by atoms with van der Waals surface area (Å²) in [6.45, 7) is 2.22. The molecule has 1 aromatic carbocycles. The summed E-state index contributed by atoms with van der Waals surface area (Å²) in [5, 5.41) is 8.93. The van der Waals surface area contributed by atoms with Crippen molar-refractivity contribution in [3.8, 4) is 11.5 Å². The number of hydrogen-bond donors (Lipinski definition) is 3. The molecule has 2 rings (SSSR count). The molecule has 0 aromatic heterocycles. The van der Waals surface area contributed by atoms with E-state index in [-0.39, 0.29) is 29.8 Å². The fourth-order valence-corrected chi connectivity index (χ4v) is 3.39. The predicted octanol–water partition coefficient (Wildman–Crippen LogP) is 1.21. The molecule has 3 N–H and O–H groups in total. The largest absolute Gasteiger partial charge is 0.493 e. The zero-order valence-electron chi connectivity index (χ0n) is 15.9. The summed E-state index contributed by atoms with van der Waals surface area (Å²) in [6, 6.07) is 5.21. The first-order chi connectivity index (χ1) is 12.5. The van der Waals surface area contributed by atoms with Gasteiger partial charge in [0.05, 0.1) is 26.2 Å². The Kier molecular flexibility index (Phi) is 7.26. The van der Waals surface area contributed by atoms with Crippen LogP contribution in [0.4, 0.5) is 0 Å². The fourth-order valence-electron chi connectivity index (χ4n) is 3.39. The third-order valence-corrected chi connectivity index (χ3v) is 4.87. The Labute approximate surface area is 154 Å². The van der Waals surface area contributed by atoms with Crippen LogP contribution in [0.2, 0.25) is 0 Å². The molecule has 0 spiro atoms. The van der Waals surface area contributed by atoms with E-state index in [1.807, 2.05) is 25.1 Å². The van der Waals surface area contributed by atoms with Gasteiger partial charge in [0.1, 0.15) is 0 Å². The average Bonchev–Trinajstić information content (AvgIpc) is 3.13. The fraction of sp³-hybridized carbons (Fsp3) is 0.579. The van der Waals surface area contributed by atoms with E-state index in [0.29, 0.717) is 18.0 Å². The van der Waals surface area contributed by atoms with Crippen LogP contribution < -0.4 is 25.4 Å². The summed E-state index contributed by atoms with van der Waals surface area (Å²) < 4.78 is 10.5. The van der Waals surface area contributed by atoms with Gasteiger partial charge in [-0.15, -0.1) is 0 Å². The molecule has 7 heteroatoms. The lowest BCUT2D eigenvalue weighted by Gasteiger charge is -2.23. The van der Waals surface area contributed by atoms with Crippen molar-refractivity contribution < 1.29 is 19.1 Å². The highest BCUT2D eigenvalue weighted by molar-refractivity contribution is 5.82. The Morgan fingerprint density at radius 2 is 1.92 bits per heavy atom. The number of rotatable bonds is 8. The number of carbonyl (C=O) groups excluding carboxylic acids is 2. The molecule has 1 fully saturated rings. The second kappa shape index (κ2) is 9.43. The maximum absolute atomic E-state index is 12.4. The summed E-state index contributed by atoms with van der Waals surface area (Å²) >= 11 is 0. The summed E-state index contributed by atoms with van der Waals surface area (Å²) in [5.74, 6) is 1.16. The zero-order valence-corrected chi connectivity index (χ0v) is 15.9. The van der Waals surface area contributed by atoms with Gasteiger partial charge in [0.25, 0.3) is 0 Å². The second-order valence-corrected chi connectivity index (χ2v) is 6.55. The highest BCUT2D eigenvalue weighted by Gasteiger charge is 2.33. The molecule has 1 aliphatic rings. The molecule has 7 nitrogen and oxygen atoms in total. The van der Waals surface area contributed by atoms with Crippen molar-refractivity contribution in [3.63, 3.8) is 0 Å². The van der Waals surface area contributed by atoms with Crippen molar-refractivity contribution in [2.24, 2.45) is 5.92 Å². The van der Waals surface area contributed by atoms with Gasteiger partial charge in [-0.3, -0.25) is 9.59 Å². The Morgan fingerprint density at radius 1 is 1.19 bits per heavy atom. The van der Waals surface area contributed by atoms with Gasteiger partial charge in [0.2, 0.25) is 11.8 Å². The van der Waals surface area contributed by atoms with Crippen LogP contribution in [0.15, 0.2) is 18.2 Å². The van der Waals surface area contributed by atoms with Gasteiger partial charge in [-0.05, 0) is 37.5 Å². The van der Waals surface area contributed by atoms with E-state index in [4.69, 9.17) is 9.47 Å². The maximum Gasteiger partial charge on any atom is 0.237 e. The molecule has 0 bridgehead atoms. The molecule has 144 valence electrons. The zero-order chi connectivity index (χ0) is 19.1. The molecule has 0 unspecified atom stereocenters. The standard InChI is InChI=1S/C19H29N3O4/c1-12(22-15-7-5-6-14(15)19(24)20-2)18(23)21-11-13-8-9-16(25-3)17(10-13)26-4/h8-10,12,14-15,22H,5-7,11H2,1-4H3,(H,20,24)(H,21,23)/t12-,14+,15+/m0/s1. The van der Waals surface area contributed by atoms with E-state index >= 15 is 0 Å². The van der Waals surface area contributed by atoms with Crippen molar-refractivity contribution in [1.82, 2.24) is 16.0 Å². The van der Waals surface area contributed by atoms with E-state index in [1.165, 1.54) is 0 Å². The first kappa shape index (κ1) is 20.0. The third-order valence-electron chi connectivity index (χ3n) is 4.87. The van der Waals surface area contributed by atoms with Crippen LogP contribution in [0.25, 0.3) is 0 Å². The molecule has 0 heterocycles. The molecule has 1 aromatic rings. The highest BCUT2D eigenvalue weighted by Crippen LogP contribution is 2.28. The monoisotopic (exact) mass is 363 g/mol. The Bertz CT molecular complexity index is 635. The molecule has 1 saturated carbocycles. The molecular weight excluding hydrogens is 334 g/mol. The molecule has 3 atom stereocenters. The van der Waals surface area contributed by atoms with Crippen molar-refractivity contribution >= 4 is 11.8 Å². The number of methoxy groups -OCH3 is 2. The third kappa shape index (κ3) is 4.88. The molecule has 0 aliphatic heterocycles. The van der Waals surface area contributed by atoms with Gasteiger partial charge < -0.3 is 25.4 Å². The van der Waals surface area contributed by atoms with Gasteiger partial charge in [-0.25, -0.2) is 0 Å². The van der Waals surface area contributed by atoms with Crippen molar-refractivity contribution in [1.29, 1.82) is 0 Å². The van der Waals surface area contributed by atoms with Crippen LogP contribution in [0, 0.1) is 5.92 Å². The lowest BCUT2D eigenvalue weighted by atomic mass is 10.0. The number of amides is 2. The summed E-state index contributed by atoms with van der Waals surface area (Å²) in [6.07, 6.45) is 2.76. The predicted molar refractivity (Wildman–Crippen MR) is 99.2 cm³/mol. The van der Waals surface area contributed by atoms with Crippen LogP contribution in [0.5, 0.6) is 11.5 Å². The normalized spacial score (nSPS) is 20.3. The van der Waals surface area contributed by atoms with Crippen LogP contribution in [0.1, 0.15) is 31.7 Å². The number of carbonyl (C=O) groups is 2. The quantitative estimate of drug-likeness (QED) is 0.646. The van der Waals surface area contributed by atoms with Crippen molar-refractivity contribution in [3.05, 3.63) is 23.8 Å². The van der Waals surface area contributed by atoms with Crippen LogP contribution in [-0.4, -0.2) is 45.2 Å². The first-order valence-corrected chi connectivity index (χ1v) is 8.96. The minimum Gasteiger partial charge on any atom is -0.493 e. The Morgan fingerprint density at radius 3 is 2.58 bits per heavy atom. The molecule has 0 radical (unpaired) electrons. The van der Waals surface area contributed by atoms with E-state index in [2.05, 4.69) is 16.0 Å². The average molecular weight is 363 g/mol. The lowest BCUT2D eigenvalue weighted by molar-refractivity contribution is -0.126. The number of nitrogens with one attached hydrogen (secondary N) is 3. The van der Waals surface area contributed by atoms with Gasteiger partial charge >= 0.3 is 0 Å². The maximum atomic E-state index is 12.4. The van der Waals surface area contributed by atoms with Gasteiger partial charge in [-0.1, -0.05) is 12.5 Å². The SMILES string of the molecule is CNC(=O)[C@@H]1CCC[C@H]1N[C@@H](C)C(=O)NCc1ccc(OC)c(OC)c1. The molecule has 0 saturated heterocycles. The first-order valence-electron chi connectivity index (χ1n) is 8.96. The van der Waals surface area contributed by atoms with Gasteiger partial charge in [0.15, 0.2) is 11.5 Å². The highest BCUT2D eigenvalue weighted by atomic mass is 16.5. The van der Waals surface area contributed by atoms with Gasteiger partial charge in [-0.2, -0.15) is 0 Å². The van der Waals surface area contributed by atoms with Crippen LogP contribution in [-0.2, 0) is 16.1 Å². The molecular formula is C19H29N3O4. The minimum absolute atomic E-state index is 0.0387. The van der Waals surface area contributed by atoms with E-state index in [0.717, 1.165) is 24.8 Å². The van der Waals surface area contributed by atoms with E-state index in [1.54, 1.807) is 21.3 Å². The Balaban J connectivity index is 1.88. The number of ether oxygens (including phenoxy) is 2. The van der Waals surface area contributed by atoms with Crippen LogP contribution >= 0.6 is 0 Å². The summed E-state index contributed by atoms with van der Waals surface area (Å²) in [4.78, 5) is 24.3. The second-order valence-electron chi connectivity index (χ2n) is 6.55. The molecule has 1 aliphatic carbocycles. The van der Waals surface area contributed by atoms with Crippen LogP contribution in [0.3, 0.4) is 0 Å². The van der Waals surface area contributed by atoms with E-state index in [9.17, 15) is 9.59 Å². The number of benzene rings is 1. The van der Waals surface area contributed by atoms with Gasteiger partial charge in [0, 0.05) is 19.6 Å². The minimum atomic E-state index is -0.370.